The number of aliphatic hydroxyl groups is 1. The van der Waals surface area contributed by atoms with Crippen LogP contribution in [0.25, 0.3) is 0 Å². The summed E-state index contributed by atoms with van der Waals surface area (Å²) in [7, 11) is 0. The van der Waals surface area contributed by atoms with Gasteiger partial charge in [-0.2, -0.15) is 0 Å². The van der Waals surface area contributed by atoms with E-state index in [1.807, 2.05) is 12.1 Å². The van der Waals surface area contributed by atoms with E-state index in [0.717, 1.165) is 0 Å². The van der Waals surface area contributed by atoms with Crippen LogP contribution < -0.4 is 4.74 Å². The summed E-state index contributed by atoms with van der Waals surface area (Å²) in [6.07, 6.45) is -2.57. The molecule has 0 saturated heterocycles. The predicted octanol–water partition coefficient (Wildman–Crippen LogP) is 2.25. The van der Waals surface area contributed by atoms with Gasteiger partial charge in [-0.05, 0) is 17.7 Å². The lowest BCUT2D eigenvalue weighted by molar-refractivity contribution is -0.152. The smallest absolute Gasteiger partial charge is 0.336 e. The third kappa shape index (κ3) is 3.33. The number of rotatable bonds is 5. The Bertz CT molecular complexity index is 524. The molecule has 0 heterocycles. The predicted molar refractivity (Wildman–Crippen MR) is 69.9 cm³/mol. The Morgan fingerprint density at radius 1 is 0.947 bits per heavy atom. The Labute approximate surface area is 110 Å². The number of carbonyl (C=O) groups is 1. The van der Waals surface area contributed by atoms with Crippen molar-refractivity contribution < 1.29 is 19.7 Å². The third-order valence-corrected chi connectivity index (χ3v) is 2.67. The molecule has 0 aromatic heterocycles. The van der Waals surface area contributed by atoms with Gasteiger partial charge in [-0.3, -0.25) is 0 Å². The summed E-state index contributed by atoms with van der Waals surface area (Å²) in [4.78, 5) is 11.0. The minimum absolute atomic E-state index is 0.511. The number of aliphatic carboxylic acids is 1. The molecular weight excluding hydrogens is 244 g/mol. The molecule has 4 heteroatoms. The van der Waals surface area contributed by atoms with Crippen molar-refractivity contribution in [3.63, 3.8) is 0 Å². The van der Waals surface area contributed by atoms with E-state index in [4.69, 9.17) is 9.84 Å². The quantitative estimate of drug-likeness (QED) is 0.863. The maximum absolute atomic E-state index is 11.0. The van der Waals surface area contributed by atoms with Gasteiger partial charge in [0.25, 0.3) is 0 Å². The number of para-hydroxylation sites is 1. The van der Waals surface area contributed by atoms with Crippen LogP contribution >= 0.6 is 0 Å². The summed E-state index contributed by atoms with van der Waals surface area (Å²) < 4.78 is 5.59. The molecule has 0 spiro atoms. The number of benzene rings is 2. The van der Waals surface area contributed by atoms with Crippen molar-refractivity contribution in [2.24, 2.45) is 0 Å². The zero-order chi connectivity index (χ0) is 13.7. The Kier molecular flexibility index (Phi) is 4.15. The fraction of sp³-hybridized carbons (Fsp3) is 0.133. The van der Waals surface area contributed by atoms with Crippen LogP contribution in [0.1, 0.15) is 11.7 Å². The van der Waals surface area contributed by atoms with Crippen molar-refractivity contribution in [3.8, 4) is 5.75 Å². The number of ether oxygens (including phenoxy) is 1. The van der Waals surface area contributed by atoms with Crippen LogP contribution in [0, 0.1) is 0 Å². The molecule has 0 bridgehead atoms. The van der Waals surface area contributed by atoms with Crippen LogP contribution in [0.2, 0.25) is 0 Å². The molecule has 2 aromatic rings. The zero-order valence-corrected chi connectivity index (χ0v) is 10.1. The standard InChI is InChI=1S/C15H14O4/c16-13(15(17)18)14(11-7-3-1-4-8-11)19-12-9-5-2-6-10-12/h1-10,13-14,16H,(H,17,18). The zero-order valence-electron chi connectivity index (χ0n) is 10.1. The summed E-state index contributed by atoms with van der Waals surface area (Å²) in [6, 6.07) is 17.6. The normalized spacial score (nSPS) is 13.5. The molecule has 0 radical (unpaired) electrons. The van der Waals surface area contributed by atoms with Crippen LogP contribution in [0.3, 0.4) is 0 Å². The molecule has 2 aromatic carbocycles. The molecule has 0 saturated carbocycles. The van der Waals surface area contributed by atoms with E-state index < -0.39 is 18.2 Å². The second-order valence-corrected chi connectivity index (χ2v) is 4.05. The van der Waals surface area contributed by atoms with E-state index >= 15 is 0 Å². The van der Waals surface area contributed by atoms with Crippen LogP contribution in [-0.4, -0.2) is 22.3 Å². The van der Waals surface area contributed by atoms with Crippen molar-refractivity contribution in [1.82, 2.24) is 0 Å². The van der Waals surface area contributed by atoms with Crippen molar-refractivity contribution in [3.05, 3.63) is 66.2 Å². The summed E-state index contributed by atoms with van der Waals surface area (Å²) >= 11 is 0. The Morgan fingerprint density at radius 2 is 1.47 bits per heavy atom. The molecule has 2 rings (SSSR count). The van der Waals surface area contributed by atoms with Crippen LogP contribution in [0.5, 0.6) is 5.75 Å². The van der Waals surface area contributed by atoms with Gasteiger partial charge in [0, 0.05) is 0 Å². The summed E-state index contributed by atoms with van der Waals surface area (Å²) in [5, 5.41) is 18.7. The van der Waals surface area contributed by atoms with Crippen molar-refractivity contribution in [2.75, 3.05) is 0 Å². The minimum Gasteiger partial charge on any atom is -0.482 e. The van der Waals surface area contributed by atoms with Gasteiger partial charge in [0.2, 0.25) is 0 Å². The van der Waals surface area contributed by atoms with Crippen LogP contribution in [0.4, 0.5) is 0 Å². The third-order valence-electron chi connectivity index (χ3n) is 2.67. The first-order valence-corrected chi connectivity index (χ1v) is 5.86. The van der Waals surface area contributed by atoms with E-state index in [1.165, 1.54) is 0 Å². The molecule has 0 aliphatic rings. The average Bonchev–Trinajstić information content (AvgIpc) is 2.46. The first-order valence-electron chi connectivity index (χ1n) is 5.86. The van der Waals surface area contributed by atoms with Gasteiger partial charge < -0.3 is 14.9 Å². The molecular formula is C15H14O4. The first-order chi connectivity index (χ1) is 9.18. The lowest BCUT2D eigenvalue weighted by atomic mass is 10.0. The van der Waals surface area contributed by atoms with Crippen molar-refractivity contribution >= 4 is 5.97 Å². The van der Waals surface area contributed by atoms with E-state index in [9.17, 15) is 9.90 Å². The largest absolute Gasteiger partial charge is 0.482 e. The Hall–Kier alpha value is -2.33. The second kappa shape index (κ2) is 6.02. The molecule has 98 valence electrons. The van der Waals surface area contributed by atoms with Crippen LogP contribution in [-0.2, 0) is 4.79 Å². The van der Waals surface area contributed by atoms with Crippen molar-refractivity contribution in [2.45, 2.75) is 12.2 Å². The number of carboxylic acid groups (broad SMARTS) is 1. The summed E-state index contributed by atoms with van der Waals surface area (Å²) in [5.41, 5.74) is 0.612. The van der Waals surface area contributed by atoms with Gasteiger partial charge in [0.05, 0.1) is 0 Å². The van der Waals surface area contributed by atoms with Gasteiger partial charge in [0.15, 0.2) is 12.2 Å². The highest BCUT2D eigenvalue weighted by atomic mass is 16.5. The number of carboxylic acids is 1. The van der Waals surface area contributed by atoms with E-state index in [1.54, 1.807) is 48.5 Å². The highest BCUT2D eigenvalue weighted by molar-refractivity contribution is 5.73. The summed E-state index contributed by atoms with van der Waals surface area (Å²) in [6.45, 7) is 0. The monoisotopic (exact) mass is 258 g/mol. The number of hydrogen-bond donors (Lipinski definition) is 2. The molecule has 2 unspecified atom stereocenters. The molecule has 19 heavy (non-hydrogen) atoms. The summed E-state index contributed by atoms with van der Waals surface area (Å²) in [5.74, 6) is -0.804. The number of hydrogen-bond acceptors (Lipinski definition) is 3. The highest BCUT2D eigenvalue weighted by Crippen LogP contribution is 2.24. The second-order valence-electron chi connectivity index (χ2n) is 4.05. The fourth-order valence-corrected chi connectivity index (χ4v) is 1.73. The number of aliphatic hydroxyl groups excluding tert-OH is 1. The van der Waals surface area contributed by atoms with Gasteiger partial charge in [-0.15, -0.1) is 0 Å². The van der Waals surface area contributed by atoms with Gasteiger partial charge in [-0.25, -0.2) is 4.79 Å². The molecule has 2 atom stereocenters. The topological polar surface area (TPSA) is 66.8 Å². The molecule has 0 aliphatic heterocycles. The first kappa shape index (κ1) is 13.1. The molecule has 2 N–H and O–H groups in total. The highest BCUT2D eigenvalue weighted by Gasteiger charge is 2.29. The van der Waals surface area contributed by atoms with Gasteiger partial charge >= 0.3 is 5.97 Å². The van der Waals surface area contributed by atoms with Crippen LogP contribution in [0.15, 0.2) is 60.7 Å². The van der Waals surface area contributed by atoms with Gasteiger partial charge in [-0.1, -0.05) is 48.5 Å². The maximum atomic E-state index is 11.0. The maximum Gasteiger partial charge on any atom is 0.336 e. The van der Waals surface area contributed by atoms with E-state index in [0.29, 0.717) is 11.3 Å². The van der Waals surface area contributed by atoms with E-state index in [-0.39, 0.29) is 0 Å². The molecule has 4 nitrogen and oxygen atoms in total. The Morgan fingerprint density at radius 3 is 2.00 bits per heavy atom. The van der Waals surface area contributed by atoms with Crippen molar-refractivity contribution in [1.29, 1.82) is 0 Å². The van der Waals surface area contributed by atoms with E-state index in [2.05, 4.69) is 0 Å². The molecule has 0 aliphatic carbocycles. The minimum atomic E-state index is -1.62. The fourth-order valence-electron chi connectivity index (χ4n) is 1.73. The average molecular weight is 258 g/mol. The SMILES string of the molecule is O=C(O)C(O)C(Oc1ccccc1)c1ccccc1. The molecule has 0 fully saturated rings. The van der Waals surface area contributed by atoms with Gasteiger partial charge in [0.1, 0.15) is 5.75 Å². The lowest BCUT2D eigenvalue weighted by Gasteiger charge is -2.22. The molecule has 0 amide bonds. The lowest BCUT2D eigenvalue weighted by Crippen LogP contribution is -2.31. The Balaban J connectivity index is 2.27.